The zero-order valence-electron chi connectivity index (χ0n) is 13.4. The molecule has 0 spiro atoms. The molecule has 0 fully saturated rings. The quantitative estimate of drug-likeness (QED) is 0.691. The maximum Gasteiger partial charge on any atom is 0.269 e. The molecule has 3 rings (SSSR count). The molecular formula is C18H19N3O3. The van der Waals surface area contributed by atoms with Crippen LogP contribution < -0.4 is 10.2 Å². The van der Waals surface area contributed by atoms with Gasteiger partial charge in [-0.05, 0) is 43.5 Å². The Morgan fingerprint density at radius 3 is 2.67 bits per heavy atom. The maximum absolute atomic E-state index is 12.4. The number of hydrogen-bond donors (Lipinski definition) is 1. The molecule has 0 bridgehead atoms. The number of nitrogens with zero attached hydrogens (tertiary/aromatic N) is 2. The molecule has 6 nitrogen and oxygen atoms in total. The van der Waals surface area contributed by atoms with Crippen molar-refractivity contribution in [3.8, 4) is 0 Å². The van der Waals surface area contributed by atoms with E-state index in [4.69, 9.17) is 0 Å². The summed E-state index contributed by atoms with van der Waals surface area (Å²) < 4.78 is 0. The minimum Gasteiger partial charge on any atom is -0.359 e. The Morgan fingerprint density at radius 1 is 1.25 bits per heavy atom. The van der Waals surface area contributed by atoms with Crippen molar-refractivity contribution in [1.82, 2.24) is 0 Å². The van der Waals surface area contributed by atoms with Gasteiger partial charge in [0.15, 0.2) is 0 Å². The van der Waals surface area contributed by atoms with Crippen molar-refractivity contribution in [2.75, 3.05) is 16.8 Å². The van der Waals surface area contributed by atoms with Gasteiger partial charge < -0.3 is 10.2 Å². The molecule has 24 heavy (non-hydrogen) atoms. The Kier molecular flexibility index (Phi) is 4.46. The van der Waals surface area contributed by atoms with Crippen LogP contribution in [-0.4, -0.2) is 23.4 Å². The smallest absolute Gasteiger partial charge is 0.269 e. The lowest BCUT2D eigenvalue weighted by molar-refractivity contribution is -0.384. The largest absolute Gasteiger partial charge is 0.359 e. The Morgan fingerprint density at radius 2 is 1.96 bits per heavy atom. The third-order valence-corrected chi connectivity index (χ3v) is 4.34. The number of aryl methyl sites for hydroxylation is 1. The van der Waals surface area contributed by atoms with Crippen LogP contribution in [0, 0.1) is 10.1 Å². The summed E-state index contributed by atoms with van der Waals surface area (Å²) in [5.74, 6) is -0.132. The molecule has 1 heterocycles. The van der Waals surface area contributed by atoms with Gasteiger partial charge in [-0.1, -0.05) is 18.2 Å². The van der Waals surface area contributed by atoms with E-state index in [2.05, 4.69) is 23.2 Å². The van der Waals surface area contributed by atoms with E-state index in [9.17, 15) is 14.9 Å². The van der Waals surface area contributed by atoms with Gasteiger partial charge in [-0.25, -0.2) is 0 Å². The summed E-state index contributed by atoms with van der Waals surface area (Å²) in [6.45, 7) is 2.38. The highest BCUT2D eigenvalue weighted by Crippen LogP contribution is 2.30. The zero-order chi connectivity index (χ0) is 17.1. The van der Waals surface area contributed by atoms with Crippen LogP contribution in [0.15, 0.2) is 48.5 Å². The van der Waals surface area contributed by atoms with Crippen LogP contribution in [0.2, 0.25) is 0 Å². The molecule has 1 aliphatic heterocycles. The molecule has 1 amide bonds. The molecule has 1 atom stereocenters. The Bertz CT molecular complexity index is 758. The number of nitro benzene ring substituents is 1. The number of benzene rings is 2. The minimum absolute atomic E-state index is 0.00609. The Balaban J connectivity index is 1.69. The number of para-hydroxylation sites is 1. The number of nitrogens with one attached hydrogen (secondary N) is 1. The molecular weight excluding hydrogens is 306 g/mol. The van der Waals surface area contributed by atoms with Crippen molar-refractivity contribution >= 4 is 23.0 Å². The van der Waals surface area contributed by atoms with Crippen LogP contribution in [0.4, 0.5) is 17.1 Å². The molecule has 0 aliphatic carbocycles. The van der Waals surface area contributed by atoms with Gasteiger partial charge in [-0.2, -0.15) is 0 Å². The summed E-state index contributed by atoms with van der Waals surface area (Å²) in [6.07, 6.45) is 2.04. The standard InChI is InChI=1S/C18H19N3O3/c1-13-6-7-14-4-2-3-5-17(14)20(13)12-18(22)19-15-8-10-16(11-9-15)21(23)24/h2-5,8-11,13H,6-7,12H2,1H3,(H,19,22)/t13-/m1/s1. The highest BCUT2D eigenvalue weighted by atomic mass is 16.6. The number of carbonyl (C=O) groups is 1. The predicted molar refractivity (Wildman–Crippen MR) is 93.3 cm³/mol. The molecule has 2 aromatic carbocycles. The second kappa shape index (κ2) is 6.70. The topological polar surface area (TPSA) is 75.5 Å². The van der Waals surface area contributed by atoms with Gasteiger partial charge in [0.1, 0.15) is 0 Å². The molecule has 1 aliphatic rings. The van der Waals surface area contributed by atoms with Crippen molar-refractivity contribution in [2.45, 2.75) is 25.8 Å². The maximum atomic E-state index is 12.4. The molecule has 6 heteroatoms. The van der Waals surface area contributed by atoms with Gasteiger partial charge >= 0.3 is 0 Å². The highest BCUT2D eigenvalue weighted by Gasteiger charge is 2.24. The monoisotopic (exact) mass is 325 g/mol. The summed E-state index contributed by atoms with van der Waals surface area (Å²) in [4.78, 5) is 24.7. The summed E-state index contributed by atoms with van der Waals surface area (Å²) in [5, 5.41) is 13.5. The number of non-ortho nitro benzene ring substituents is 1. The van der Waals surface area contributed by atoms with Gasteiger partial charge in [0.2, 0.25) is 5.91 Å². The molecule has 0 radical (unpaired) electrons. The Hall–Kier alpha value is -2.89. The number of carbonyl (C=O) groups excluding carboxylic acids is 1. The molecule has 0 saturated heterocycles. The van der Waals surface area contributed by atoms with E-state index >= 15 is 0 Å². The third-order valence-electron chi connectivity index (χ3n) is 4.34. The fraction of sp³-hybridized carbons (Fsp3) is 0.278. The highest BCUT2D eigenvalue weighted by molar-refractivity contribution is 5.94. The van der Waals surface area contributed by atoms with E-state index in [1.54, 1.807) is 12.1 Å². The van der Waals surface area contributed by atoms with Crippen LogP contribution in [-0.2, 0) is 11.2 Å². The van der Waals surface area contributed by atoms with E-state index in [0.29, 0.717) is 11.7 Å². The van der Waals surface area contributed by atoms with Gasteiger partial charge in [0.25, 0.3) is 5.69 Å². The summed E-state index contributed by atoms with van der Waals surface area (Å²) in [6, 6.07) is 14.3. The average molecular weight is 325 g/mol. The molecule has 124 valence electrons. The first kappa shape index (κ1) is 16.0. The molecule has 0 saturated carbocycles. The van der Waals surface area contributed by atoms with Crippen LogP contribution in [0.1, 0.15) is 18.9 Å². The molecule has 0 unspecified atom stereocenters. The van der Waals surface area contributed by atoms with Crippen molar-refractivity contribution < 1.29 is 9.72 Å². The normalized spacial score (nSPS) is 16.4. The Labute approximate surface area is 140 Å². The average Bonchev–Trinajstić information content (AvgIpc) is 2.58. The van der Waals surface area contributed by atoms with Crippen molar-refractivity contribution in [3.05, 3.63) is 64.2 Å². The summed E-state index contributed by atoms with van der Waals surface area (Å²) in [7, 11) is 0. The van der Waals surface area contributed by atoms with E-state index in [-0.39, 0.29) is 18.1 Å². The number of fused-ring (bicyclic) bond motifs is 1. The summed E-state index contributed by atoms with van der Waals surface area (Å²) >= 11 is 0. The van der Waals surface area contributed by atoms with Gasteiger partial charge in [0, 0.05) is 29.5 Å². The van der Waals surface area contributed by atoms with Crippen molar-refractivity contribution in [2.24, 2.45) is 0 Å². The predicted octanol–water partition coefficient (Wildman–Crippen LogP) is 3.37. The lowest BCUT2D eigenvalue weighted by Crippen LogP contribution is -2.42. The first-order valence-corrected chi connectivity index (χ1v) is 7.93. The van der Waals surface area contributed by atoms with E-state index < -0.39 is 4.92 Å². The van der Waals surface area contributed by atoms with Crippen LogP contribution in [0.5, 0.6) is 0 Å². The molecule has 1 N–H and O–H groups in total. The van der Waals surface area contributed by atoms with Crippen LogP contribution in [0.3, 0.4) is 0 Å². The summed E-state index contributed by atoms with van der Waals surface area (Å²) in [5.41, 5.74) is 2.93. The zero-order valence-corrected chi connectivity index (χ0v) is 13.4. The number of rotatable bonds is 4. The van der Waals surface area contributed by atoms with Crippen LogP contribution in [0.25, 0.3) is 0 Å². The van der Waals surface area contributed by atoms with E-state index in [1.807, 2.05) is 18.2 Å². The second-order valence-corrected chi connectivity index (χ2v) is 6.00. The van der Waals surface area contributed by atoms with Gasteiger partial charge in [-0.15, -0.1) is 0 Å². The van der Waals surface area contributed by atoms with Crippen molar-refractivity contribution in [3.63, 3.8) is 0 Å². The number of hydrogen-bond acceptors (Lipinski definition) is 4. The number of amides is 1. The number of anilines is 2. The first-order chi connectivity index (χ1) is 11.5. The van der Waals surface area contributed by atoms with Gasteiger partial charge in [0.05, 0.1) is 11.5 Å². The van der Waals surface area contributed by atoms with Crippen LogP contribution >= 0.6 is 0 Å². The lowest BCUT2D eigenvalue weighted by Gasteiger charge is -2.36. The SMILES string of the molecule is C[C@@H]1CCc2ccccc2N1CC(=O)Nc1ccc([N+](=O)[O-])cc1. The lowest BCUT2D eigenvalue weighted by atomic mass is 9.96. The third kappa shape index (κ3) is 3.37. The number of nitro groups is 1. The molecule has 0 aromatic heterocycles. The van der Waals surface area contributed by atoms with E-state index in [1.165, 1.54) is 17.7 Å². The van der Waals surface area contributed by atoms with Gasteiger partial charge in [-0.3, -0.25) is 14.9 Å². The van der Waals surface area contributed by atoms with E-state index in [0.717, 1.165) is 18.5 Å². The van der Waals surface area contributed by atoms with Crippen molar-refractivity contribution in [1.29, 1.82) is 0 Å². The fourth-order valence-corrected chi connectivity index (χ4v) is 3.02. The first-order valence-electron chi connectivity index (χ1n) is 7.93. The molecule has 2 aromatic rings. The second-order valence-electron chi connectivity index (χ2n) is 6.00. The minimum atomic E-state index is -0.460. The fourth-order valence-electron chi connectivity index (χ4n) is 3.02.